The Morgan fingerprint density at radius 2 is 1.76 bits per heavy atom. The maximum atomic E-state index is 5.86. The zero-order chi connectivity index (χ0) is 23.3. The lowest BCUT2D eigenvalue weighted by Gasteiger charge is -2.18. The molecule has 1 aliphatic rings. The van der Waals surface area contributed by atoms with Gasteiger partial charge in [-0.25, -0.2) is 4.98 Å². The molecule has 4 aromatic rings. The monoisotopic (exact) mass is 461 g/mol. The van der Waals surface area contributed by atoms with Crippen LogP contribution in [0.1, 0.15) is 5.56 Å². The van der Waals surface area contributed by atoms with Crippen molar-refractivity contribution in [3.8, 4) is 34.5 Å². The molecule has 5 rings (SSSR count). The van der Waals surface area contributed by atoms with Crippen LogP contribution in [0.2, 0.25) is 0 Å². The first kappa shape index (κ1) is 21.4. The molecule has 0 unspecified atom stereocenters. The Kier molecular flexibility index (Phi) is 6.02. The van der Waals surface area contributed by atoms with Crippen molar-refractivity contribution >= 4 is 17.5 Å². The first-order valence-corrected chi connectivity index (χ1v) is 10.6. The third-order valence-corrected chi connectivity index (χ3v) is 5.16. The van der Waals surface area contributed by atoms with Gasteiger partial charge in [0.05, 0.1) is 19.8 Å². The largest absolute Gasteiger partial charge is 0.493 e. The number of fused-ring (bicyclic) bond motifs is 1. The SMILES string of the molecule is COc1ccc(CNc2ncccc2-c2nnc(Nc3ccc4c(c3)OCCO4)o2)cc1OC. The minimum absolute atomic E-state index is 0.251. The molecule has 0 amide bonds. The third-order valence-electron chi connectivity index (χ3n) is 5.16. The van der Waals surface area contributed by atoms with Crippen LogP contribution in [-0.4, -0.2) is 42.6 Å². The maximum absolute atomic E-state index is 5.86. The summed E-state index contributed by atoms with van der Waals surface area (Å²) in [5.41, 5.74) is 2.43. The molecule has 0 bridgehead atoms. The first-order chi connectivity index (χ1) is 16.7. The molecule has 0 saturated heterocycles. The van der Waals surface area contributed by atoms with Crippen molar-refractivity contribution < 1.29 is 23.4 Å². The first-order valence-electron chi connectivity index (χ1n) is 10.6. The number of rotatable bonds is 8. The van der Waals surface area contributed by atoms with Crippen LogP contribution in [0.15, 0.2) is 59.1 Å². The molecule has 0 spiro atoms. The van der Waals surface area contributed by atoms with Gasteiger partial charge in [0, 0.05) is 24.5 Å². The number of ether oxygens (including phenoxy) is 4. The fourth-order valence-electron chi connectivity index (χ4n) is 3.52. The predicted octanol–water partition coefficient (Wildman–Crippen LogP) is 4.28. The zero-order valence-corrected chi connectivity index (χ0v) is 18.7. The van der Waals surface area contributed by atoms with Gasteiger partial charge in [-0.2, -0.15) is 0 Å². The van der Waals surface area contributed by atoms with Crippen molar-refractivity contribution in [1.29, 1.82) is 0 Å². The number of nitrogens with one attached hydrogen (secondary N) is 2. The van der Waals surface area contributed by atoms with E-state index in [0.29, 0.717) is 60.0 Å². The van der Waals surface area contributed by atoms with Gasteiger partial charge < -0.3 is 34.0 Å². The molecule has 0 saturated carbocycles. The van der Waals surface area contributed by atoms with E-state index in [1.165, 1.54) is 0 Å². The molecule has 174 valence electrons. The molecule has 2 aromatic carbocycles. The molecule has 0 atom stereocenters. The van der Waals surface area contributed by atoms with E-state index < -0.39 is 0 Å². The highest BCUT2D eigenvalue weighted by atomic mass is 16.6. The second-order valence-corrected chi connectivity index (χ2v) is 7.34. The Balaban J connectivity index is 1.31. The van der Waals surface area contributed by atoms with Crippen LogP contribution < -0.4 is 29.6 Å². The second-order valence-electron chi connectivity index (χ2n) is 7.34. The Hall–Kier alpha value is -4.47. The minimum atomic E-state index is 0.251. The Morgan fingerprint density at radius 3 is 2.62 bits per heavy atom. The normalized spacial score (nSPS) is 12.2. The van der Waals surface area contributed by atoms with Crippen molar-refractivity contribution in [3.05, 3.63) is 60.3 Å². The lowest BCUT2D eigenvalue weighted by atomic mass is 10.2. The fourth-order valence-corrected chi connectivity index (χ4v) is 3.52. The smallest absolute Gasteiger partial charge is 0.320 e. The number of nitrogens with zero attached hydrogens (tertiary/aromatic N) is 3. The number of aromatic nitrogens is 3. The van der Waals surface area contributed by atoms with Crippen molar-refractivity contribution in [2.45, 2.75) is 6.54 Å². The highest BCUT2D eigenvalue weighted by Gasteiger charge is 2.16. The van der Waals surface area contributed by atoms with Crippen molar-refractivity contribution in [1.82, 2.24) is 15.2 Å². The molecule has 34 heavy (non-hydrogen) atoms. The number of hydrogen-bond acceptors (Lipinski definition) is 10. The van der Waals surface area contributed by atoms with Crippen molar-refractivity contribution in [3.63, 3.8) is 0 Å². The lowest BCUT2D eigenvalue weighted by Crippen LogP contribution is -2.15. The van der Waals surface area contributed by atoms with Gasteiger partial charge in [-0.15, -0.1) is 5.10 Å². The van der Waals surface area contributed by atoms with E-state index in [-0.39, 0.29) is 6.01 Å². The van der Waals surface area contributed by atoms with Crippen molar-refractivity contribution in [2.75, 3.05) is 38.1 Å². The molecule has 3 heterocycles. The second kappa shape index (κ2) is 9.57. The van der Waals surface area contributed by atoms with Gasteiger partial charge in [0.25, 0.3) is 5.89 Å². The molecule has 0 radical (unpaired) electrons. The van der Waals surface area contributed by atoms with E-state index in [9.17, 15) is 0 Å². The van der Waals surface area contributed by atoms with E-state index in [4.69, 9.17) is 23.4 Å². The Morgan fingerprint density at radius 1 is 0.912 bits per heavy atom. The van der Waals surface area contributed by atoms with Gasteiger partial charge >= 0.3 is 6.01 Å². The van der Waals surface area contributed by atoms with Crippen molar-refractivity contribution in [2.24, 2.45) is 0 Å². The van der Waals surface area contributed by atoms with Gasteiger partial charge in [-0.1, -0.05) is 11.2 Å². The summed E-state index contributed by atoms with van der Waals surface area (Å²) in [5, 5.41) is 14.7. The molecule has 2 N–H and O–H groups in total. The standard InChI is InChI=1S/C24H23N5O5/c1-30-18-7-5-15(12-20(18)31-2)14-26-22-17(4-3-9-25-22)23-28-29-24(34-23)27-16-6-8-19-21(13-16)33-11-10-32-19/h3-9,12-13H,10-11,14H2,1-2H3,(H,25,26)(H,27,29). The summed E-state index contributed by atoms with van der Waals surface area (Å²) in [6.07, 6.45) is 1.70. The Bertz CT molecular complexity index is 1290. The topological polar surface area (TPSA) is 113 Å². The van der Waals surface area contributed by atoms with Gasteiger partial charge in [0.1, 0.15) is 19.0 Å². The van der Waals surface area contributed by atoms with E-state index in [0.717, 1.165) is 11.3 Å². The maximum Gasteiger partial charge on any atom is 0.320 e. The summed E-state index contributed by atoms with van der Waals surface area (Å²) in [5.74, 6) is 3.67. The van der Waals surface area contributed by atoms with Crippen LogP contribution in [0.5, 0.6) is 23.0 Å². The van der Waals surface area contributed by atoms with Gasteiger partial charge in [0.2, 0.25) is 0 Å². The van der Waals surface area contributed by atoms with Crippen LogP contribution >= 0.6 is 0 Å². The zero-order valence-electron chi connectivity index (χ0n) is 18.7. The van der Waals surface area contributed by atoms with E-state index in [1.54, 1.807) is 20.4 Å². The number of pyridine rings is 1. The van der Waals surface area contributed by atoms with Gasteiger partial charge in [-0.3, -0.25) is 0 Å². The molecule has 10 nitrogen and oxygen atoms in total. The number of benzene rings is 2. The third kappa shape index (κ3) is 4.51. The molecule has 1 aliphatic heterocycles. The lowest BCUT2D eigenvalue weighted by molar-refractivity contribution is 0.171. The highest BCUT2D eigenvalue weighted by molar-refractivity contribution is 5.69. The number of methoxy groups -OCH3 is 2. The summed E-state index contributed by atoms with van der Waals surface area (Å²) >= 11 is 0. The quantitative estimate of drug-likeness (QED) is 0.394. The molecule has 0 aliphatic carbocycles. The number of hydrogen-bond donors (Lipinski definition) is 2. The van der Waals surface area contributed by atoms with Crippen LogP contribution in [0, 0.1) is 0 Å². The Labute approximate surface area is 195 Å². The van der Waals surface area contributed by atoms with E-state index in [1.807, 2.05) is 48.5 Å². The van der Waals surface area contributed by atoms with Gasteiger partial charge in [-0.05, 0) is 42.0 Å². The fraction of sp³-hybridized carbons (Fsp3) is 0.208. The molecular formula is C24H23N5O5. The number of anilines is 3. The predicted molar refractivity (Wildman–Crippen MR) is 125 cm³/mol. The van der Waals surface area contributed by atoms with E-state index in [2.05, 4.69) is 25.8 Å². The van der Waals surface area contributed by atoms with E-state index >= 15 is 0 Å². The van der Waals surface area contributed by atoms with Crippen LogP contribution in [-0.2, 0) is 6.54 Å². The summed E-state index contributed by atoms with van der Waals surface area (Å²) in [6.45, 7) is 1.57. The molecule has 2 aromatic heterocycles. The van der Waals surface area contributed by atoms with Crippen LogP contribution in [0.3, 0.4) is 0 Å². The summed E-state index contributed by atoms with van der Waals surface area (Å²) < 4.78 is 27.7. The molecule has 10 heteroatoms. The average molecular weight is 461 g/mol. The minimum Gasteiger partial charge on any atom is -0.493 e. The highest BCUT2D eigenvalue weighted by Crippen LogP contribution is 2.34. The van der Waals surface area contributed by atoms with Crippen LogP contribution in [0.25, 0.3) is 11.5 Å². The summed E-state index contributed by atoms with van der Waals surface area (Å²) in [6, 6.07) is 15.2. The summed E-state index contributed by atoms with van der Waals surface area (Å²) in [4.78, 5) is 4.44. The summed E-state index contributed by atoms with van der Waals surface area (Å²) in [7, 11) is 3.22. The molecule has 0 fully saturated rings. The van der Waals surface area contributed by atoms with Gasteiger partial charge in [0.15, 0.2) is 23.0 Å². The average Bonchev–Trinajstić information content (AvgIpc) is 3.35. The van der Waals surface area contributed by atoms with Crippen LogP contribution in [0.4, 0.5) is 17.5 Å². The molecular weight excluding hydrogens is 438 g/mol.